The van der Waals surface area contributed by atoms with Crippen LogP contribution in [0.5, 0.6) is 0 Å². The van der Waals surface area contributed by atoms with Crippen molar-refractivity contribution in [1.82, 2.24) is 9.97 Å². The summed E-state index contributed by atoms with van der Waals surface area (Å²) in [5, 5.41) is 0. The van der Waals surface area contributed by atoms with E-state index in [4.69, 9.17) is 4.74 Å². The van der Waals surface area contributed by atoms with Gasteiger partial charge in [-0.05, 0) is 61.1 Å². The number of esters is 1. The average Bonchev–Trinajstić information content (AvgIpc) is 2.71. The molecule has 1 heterocycles. The highest BCUT2D eigenvalue weighted by molar-refractivity contribution is 6.00. The van der Waals surface area contributed by atoms with Gasteiger partial charge in [0, 0.05) is 18.0 Å². The maximum Gasteiger partial charge on any atom is 0.338 e. The van der Waals surface area contributed by atoms with Crippen molar-refractivity contribution in [2.75, 3.05) is 6.61 Å². The number of Topliss-reactive ketones (excluding diaryl/α,β-unsaturated/α-hetero) is 1. The Bertz CT molecular complexity index is 997. The van der Waals surface area contributed by atoms with Crippen LogP contribution in [0.15, 0.2) is 48.8 Å². The molecule has 3 aromatic rings. The van der Waals surface area contributed by atoms with E-state index in [0.717, 1.165) is 19.3 Å². The Kier molecular flexibility index (Phi) is 4.44. The molecule has 0 N–H and O–H groups in total. The van der Waals surface area contributed by atoms with Crippen molar-refractivity contribution >= 4 is 22.8 Å². The number of carbonyl (C=O) groups is 2. The number of fused-ring (bicyclic) bond motifs is 2. The largest absolute Gasteiger partial charge is 0.454 e. The van der Waals surface area contributed by atoms with Crippen molar-refractivity contribution < 1.29 is 14.3 Å². The van der Waals surface area contributed by atoms with Gasteiger partial charge in [-0.3, -0.25) is 14.8 Å². The molecule has 4 rings (SSSR count). The van der Waals surface area contributed by atoms with Gasteiger partial charge in [0.05, 0.1) is 16.6 Å². The second kappa shape index (κ2) is 7.04. The molecule has 130 valence electrons. The molecule has 1 aliphatic carbocycles. The lowest BCUT2D eigenvalue weighted by molar-refractivity contribution is 0.0475. The second-order valence-electron chi connectivity index (χ2n) is 6.45. The van der Waals surface area contributed by atoms with Crippen LogP contribution >= 0.6 is 0 Å². The second-order valence-corrected chi connectivity index (χ2v) is 6.45. The lowest BCUT2D eigenvalue weighted by atomic mass is 9.90. The molecule has 0 radical (unpaired) electrons. The third-order valence-corrected chi connectivity index (χ3v) is 4.71. The van der Waals surface area contributed by atoms with Crippen molar-refractivity contribution in [2.45, 2.75) is 25.7 Å². The number of aryl methyl sites for hydroxylation is 2. The molecule has 0 atom stereocenters. The van der Waals surface area contributed by atoms with Crippen molar-refractivity contribution in [3.05, 3.63) is 71.0 Å². The van der Waals surface area contributed by atoms with Crippen molar-refractivity contribution in [3.63, 3.8) is 0 Å². The molecule has 5 nitrogen and oxygen atoms in total. The van der Waals surface area contributed by atoms with E-state index in [1.54, 1.807) is 30.6 Å². The van der Waals surface area contributed by atoms with Gasteiger partial charge < -0.3 is 4.74 Å². The lowest BCUT2D eigenvalue weighted by Gasteiger charge is -2.16. The third kappa shape index (κ3) is 3.33. The van der Waals surface area contributed by atoms with Gasteiger partial charge in [-0.2, -0.15) is 0 Å². The number of ketones is 1. The average molecular weight is 346 g/mol. The van der Waals surface area contributed by atoms with Gasteiger partial charge in [-0.25, -0.2) is 4.79 Å². The fourth-order valence-corrected chi connectivity index (χ4v) is 3.29. The number of nitrogens with zero attached hydrogens (tertiary/aromatic N) is 2. The maximum atomic E-state index is 12.4. The van der Waals surface area contributed by atoms with Crippen LogP contribution in [0, 0.1) is 0 Å². The molecule has 1 aliphatic rings. The van der Waals surface area contributed by atoms with Crippen molar-refractivity contribution in [1.29, 1.82) is 0 Å². The highest BCUT2D eigenvalue weighted by Gasteiger charge is 2.15. The molecular weight excluding hydrogens is 328 g/mol. The predicted octanol–water partition coefficient (Wildman–Crippen LogP) is 3.55. The number of rotatable bonds is 4. The van der Waals surface area contributed by atoms with E-state index in [9.17, 15) is 9.59 Å². The summed E-state index contributed by atoms with van der Waals surface area (Å²) < 4.78 is 5.20. The van der Waals surface area contributed by atoms with E-state index in [2.05, 4.69) is 9.97 Å². The van der Waals surface area contributed by atoms with E-state index in [0.29, 0.717) is 22.2 Å². The molecule has 0 spiro atoms. The van der Waals surface area contributed by atoms with Crippen LogP contribution in [0.3, 0.4) is 0 Å². The van der Waals surface area contributed by atoms with Crippen LogP contribution in [-0.2, 0) is 17.6 Å². The van der Waals surface area contributed by atoms with E-state index in [1.165, 1.54) is 17.5 Å². The van der Waals surface area contributed by atoms with E-state index >= 15 is 0 Å². The molecule has 2 aromatic carbocycles. The molecule has 0 saturated carbocycles. The predicted molar refractivity (Wildman–Crippen MR) is 97.2 cm³/mol. The summed E-state index contributed by atoms with van der Waals surface area (Å²) in [5.41, 5.74) is 4.83. The first-order chi connectivity index (χ1) is 12.7. The maximum absolute atomic E-state index is 12.4. The topological polar surface area (TPSA) is 69.2 Å². The SMILES string of the molecule is O=C(COC(=O)c1ccc2nccnc2c1)c1ccc2c(c1)CCCC2. The monoisotopic (exact) mass is 346 g/mol. The fraction of sp³-hybridized carbons (Fsp3) is 0.238. The Morgan fingerprint density at radius 3 is 2.42 bits per heavy atom. The zero-order valence-electron chi connectivity index (χ0n) is 14.3. The summed E-state index contributed by atoms with van der Waals surface area (Å²) in [6.07, 6.45) is 7.60. The third-order valence-electron chi connectivity index (χ3n) is 4.71. The Balaban J connectivity index is 1.44. The number of hydrogen-bond donors (Lipinski definition) is 0. The van der Waals surface area contributed by atoms with Crippen LogP contribution in [0.25, 0.3) is 11.0 Å². The van der Waals surface area contributed by atoms with Gasteiger partial charge in [0.15, 0.2) is 12.4 Å². The summed E-state index contributed by atoms with van der Waals surface area (Å²) in [4.78, 5) is 32.9. The number of aromatic nitrogens is 2. The van der Waals surface area contributed by atoms with Gasteiger partial charge in [0.1, 0.15) is 0 Å². The summed E-state index contributed by atoms with van der Waals surface area (Å²) in [5.74, 6) is -0.726. The minimum atomic E-state index is -0.538. The molecule has 26 heavy (non-hydrogen) atoms. The molecule has 0 unspecified atom stereocenters. The van der Waals surface area contributed by atoms with Crippen molar-refractivity contribution in [3.8, 4) is 0 Å². The van der Waals surface area contributed by atoms with Crippen molar-refractivity contribution in [2.24, 2.45) is 0 Å². The first kappa shape index (κ1) is 16.4. The molecule has 0 amide bonds. The van der Waals surface area contributed by atoms with Gasteiger partial charge >= 0.3 is 5.97 Å². The zero-order valence-corrected chi connectivity index (χ0v) is 14.3. The van der Waals surface area contributed by atoms with Crippen LogP contribution in [0.2, 0.25) is 0 Å². The van der Waals surface area contributed by atoms with Gasteiger partial charge in [-0.1, -0.05) is 12.1 Å². The molecule has 0 fully saturated rings. The highest BCUT2D eigenvalue weighted by Crippen LogP contribution is 2.22. The van der Waals surface area contributed by atoms with Crippen LogP contribution in [0.4, 0.5) is 0 Å². The first-order valence-corrected chi connectivity index (χ1v) is 8.73. The van der Waals surface area contributed by atoms with Gasteiger partial charge in [-0.15, -0.1) is 0 Å². The highest BCUT2D eigenvalue weighted by atomic mass is 16.5. The minimum Gasteiger partial charge on any atom is -0.454 e. The van der Waals surface area contributed by atoms with Crippen LogP contribution < -0.4 is 0 Å². The number of hydrogen-bond acceptors (Lipinski definition) is 5. The lowest BCUT2D eigenvalue weighted by Crippen LogP contribution is -2.15. The standard InChI is InChI=1S/C21H18N2O3/c24-20(16-6-5-14-3-1-2-4-15(14)11-16)13-26-21(25)17-7-8-18-19(12-17)23-10-9-22-18/h5-12H,1-4,13H2. The Labute approximate surface area is 151 Å². The van der Waals surface area contributed by atoms with E-state index in [-0.39, 0.29) is 12.4 Å². The number of carbonyl (C=O) groups excluding carboxylic acids is 2. The van der Waals surface area contributed by atoms with Crippen LogP contribution in [-0.4, -0.2) is 28.3 Å². The Hall–Kier alpha value is -3.08. The summed E-state index contributed by atoms with van der Waals surface area (Å²) in [7, 11) is 0. The molecule has 5 heteroatoms. The molecule has 0 bridgehead atoms. The smallest absolute Gasteiger partial charge is 0.338 e. The molecule has 1 aromatic heterocycles. The summed E-state index contributed by atoms with van der Waals surface area (Å²) in [6, 6.07) is 10.7. The molecule has 0 aliphatic heterocycles. The fourth-order valence-electron chi connectivity index (χ4n) is 3.29. The van der Waals surface area contributed by atoms with Gasteiger partial charge in [0.25, 0.3) is 0 Å². The minimum absolute atomic E-state index is 0.188. The Morgan fingerprint density at radius 1 is 0.846 bits per heavy atom. The molecule has 0 saturated heterocycles. The number of ether oxygens (including phenoxy) is 1. The molecular formula is C21H18N2O3. The van der Waals surface area contributed by atoms with E-state index < -0.39 is 5.97 Å². The first-order valence-electron chi connectivity index (χ1n) is 8.73. The quantitative estimate of drug-likeness (QED) is 0.534. The number of benzene rings is 2. The summed E-state index contributed by atoms with van der Waals surface area (Å²) >= 11 is 0. The van der Waals surface area contributed by atoms with Gasteiger partial charge in [0.2, 0.25) is 0 Å². The van der Waals surface area contributed by atoms with E-state index in [1.807, 2.05) is 18.2 Å². The summed E-state index contributed by atoms with van der Waals surface area (Å²) in [6.45, 7) is -0.268. The zero-order chi connectivity index (χ0) is 17.9. The van der Waals surface area contributed by atoms with Crippen LogP contribution in [0.1, 0.15) is 44.7 Å². The Morgan fingerprint density at radius 2 is 1.58 bits per heavy atom. The normalized spacial score (nSPS) is 13.2.